The molecule has 1 unspecified atom stereocenters. The van der Waals surface area contributed by atoms with Gasteiger partial charge in [0, 0.05) is 31.4 Å². The van der Waals surface area contributed by atoms with Gasteiger partial charge in [-0.05, 0) is 36.1 Å². The molecule has 6 nitrogen and oxygen atoms in total. The number of nitrogens with zero attached hydrogens (tertiary/aromatic N) is 1. The summed E-state index contributed by atoms with van der Waals surface area (Å²) in [4.78, 5) is 14.3. The van der Waals surface area contributed by atoms with Gasteiger partial charge in [-0.1, -0.05) is 18.2 Å². The SMILES string of the molecule is CS(=O)(=O)Nc1ccccc1CC(=O)NCC1CCN(c2ccc(F)c(F)c2)C1. The van der Waals surface area contributed by atoms with Crippen molar-refractivity contribution in [1.29, 1.82) is 0 Å². The number of benzene rings is 2. The Hall–Kier alpha value is -2.68. The number of amides is 1. The first-order valence-electron chi connectivity index (χ1n) is 9.23. The number of rotatable bonds is 7. The minimum Gasteiger partial charge on any atom is -0.371 e. The monoisotopic (exact) mass is 423 g/mol. The largest absolute Gasteiger partial charge is 0.371 e. The molecule has 2 N–H and O–H groups in total. The molecule has 0 aliphatic carbocycles. The van der Waals surface area contributed by atoms with E-state index in [1.165, 1.54) is 6.07 Å². The number of anilines is 2. The van der Waals surface area contributed by atoms with E-state index in [2.05, 4.69) is 10.0 Å². The number of hydrogen-bond donors (Lipinski definition) is 2. The maximum Gasteiger partial charge on any atom is 0.229 e. The predicted octanol–water partition coefficient (Wildman–Crippen LogP) is 2.52. The van der Waals surface area contributed by atoms with Gasteiger partial charge in [-0.25, -0.2) is 17.2 Å². The molecule has 1 aliphatic rings. The molecule has 2 aromatic carbocycles. The van der Waals surface area contributed by atoms with E-state index >= 15 is 0 Å². The van der Waals surface area contributed by atoms with Crippen LogP contribution in [-0.2, 0) is 21.2 Å². The molecular weight excluding hydrogens is 400 g/mol. The van der Waals surface area contributed by atoms with Gasteiger partial charge in [0.15, 0.2) is 11.6 Å². The Labute approximate surface area is 169 Å². The van der Waals surface area contributed by atoms with Crippen LogP contribution in [0.3, 0.4) is 0 Å². The fourth-order valence-corrected chi connectivity index (χ4v) is 3.98. The summed E-state index contributed by atoms with van der Waals surface area (Å²) in [6.45, 7) is 1.80. The maximum absolute atomic E-state index is 13.4. The Morgan fingerprint density at radius 3 is 2.66 bits per heavy atom. The van der Waals surface area contributed by atoms with Crippen molar-refractivity contribution in [2.24, 2.45) is 5.92 Å². The van der Waals surface area contributed by atoms with Crippen LogP contribution in [0.25, 0.3) is 0 Å². The summed E-state index contributed by atoms with van der Waals surface area (Å²) < 4.78 is 51.9. The molecular formula is C20H23F2N3O3S. The second-order valence-corrected chi connectivity index (χ2v) is 8.96. The summed E-state index contributed by atoms with van der Waals surface area (Å²) in [6.07, 6.45) is 1.94. The highest BCUT2D eigenvalue weighted by Gasteiger charge is 2.24. The highest BCUT2D eigenvalue weighted by molar-refractivity contribution is 7.92. The third kappa shape index (κ3) is 5.90. The van der Waals surface area contributed by atoms with Crippen molar-refractivity contribution in [2.75, 3.05) is 35.5 Å². The number of carbonyl (C=O) groups is 1. The van der Waals surface area contributed by atoms with Gasteiger partial charge in [-0.2, -0.15) is 0 Å². The Morgan fingerprint density at radius 1 is 1.17 bits per heavy atom. The van der Waals surface area contributed by atoms with Crippen molar-refractivity contribution < 1.29 is 22.0 Å². The first-order valence-corrected chi connectivity index (χ1v) is 11.1. The lowest BCUT2D eigenvalue weighted by Crippen LogP contribution is -2.32. The fourth-order valence-electron chi connectivity index (χ4n) is 3.38. The van der Waals surface area contributed by atoms with Gasteiger partial charge in [0.2, 0.25) is 15.9 Å². The average Bonchev–Trinajstić information content (AvgIpc) is 3.12. The lowest BCUT2D eigenvalue weighted by molar-refractivity contribution is -0.120. The van der Waals surface area contributed by atoms with Crippen molar-refractivity contribution in [2.45, 2.75) is 12.8 Å². The summed E-state index contributed by atoms with van der Waals surface area (Å²) in [5.41, 5.74) is 1.60. The number of hydrogen-bond acceptors (Lipinski definition) is 4. The normalized spacial score (nSPS) is 16.7. The Balaban J connectivity index is 1.52. The third-order valence-electron chi connectivity index (χ3n) is 4.81. The Bertz CT molecular complexity index is 998. The molecule has 1 fully saturated rings. The molecule has 1 atom stereocenters. The minimum atomic E-state index is -3.44. The second kappa shape index (κ2) is 8.77. The van der Waals surface area contributed by atoms with Gasteiger partial charge in [0.05, 0.1) is 18.4 Å². The number of sulfonamides is 1. The van der Waals surface area contributed by atoms with Crippen molar-refractivity contribution in [3.05, 3.63) is 59.7 Å². The van der Waals surface area contributed by atoms with E-state index < -0.39 is 21.7 Å². The lowest BCUT2D eigenvalue weighted by Gasteiger charge is -2.19. The fraction of sp³-hybridized carbons (Fsp3) is 0.350. The van der Waals surface area contributed by atoms with Crippen molar-refractivity contribution in [1.82, 2.24) is 5.32 Å². The molecule has 0 bridgehead atoms. The van der Waals surface area contributed by atoms with E-state index in [0.717, 1.165) is 18.7 Å². The van der Waals surface area contributed by atoms with Crippen LogP contribution in [0.15, 0.2) is 42.5 Å². The van der Waals surface area contributed by atoms with Gasteiger partial charge in [0.25, 0.3) is 0 Å². The molecule has 0 aromatic heterocycles. The van der Waals surface area contributed by atoms with Crippen molar-refractivity contribution >= 4 is 27.3 Å². The highest BCUT2D eigenvalue weighted by atomic mass is 32.2. The molecule has 3 rings (SSSR count). The van der Waals surface area contributed by atoms with Crippen LogP contribution in [-0.4, -0.2) is 40.2 Å². The zero-order valence-electron chi connectivity index (χ0n) is 16.0. The summed E-state index contributed by atoms with van der Waals surface area (Å²) in [5, 5.41) is 2.88. The number of carbonyl (C=O) groups excluding carboxylic acids is 1. The number of nitrogens with one attached hydrogen (secondary N) is 2. The molecule has 1 aliphatic heterocycles. The van der Waals surface area contributed by atoms with Crippen LogP contribution in [0.5, 0.6) is 0 Å². The van der Waals surface area contributed by atoms with Gasteiger partial charge in [0.1, 0.15) is 0 Å². The zero-order chi connectivity index (χ0) is 21.0. The quantitative estimate of drug-likeness (QED) is 0.717. The van der Waals surface area contributed by atoms with Crippen molar-refractivity contribution in [3.63, 3.8) is 0 Å². The van der Waals surface area contributed by atoms with E-state index in [9.17, 15) is 22.0 Å². The smallest absolute Gasteiger partial charge is 0.229 e. The van der Waals surface area contributed by atoms with Gasteiger partial charge >= 0.3 is 0 Å². The molecule has 1 saturated heterocycles. The predicted molar refractivity (Wildman–Crippen MR) is 108 cm³/mol. The van der Waals surface area contributed by atoms with Crippen LogP contribution in [0.1, 0.15) is 12.0 Å². The van der Waals surface area contributed by atoms with Crippen LogP contribution in [0.4, 0.5) is 20.2 Å². The molecule has 0 saturated carbocycles. The summed E-state index contributed by atoms with van der Waals surface area (Å²) in [5.74, 6) is -1.77. The molecule has 29 heavy (non-hydrogen) atoms. The van der Waals surface area contributed by atoms with E-state index in [0.29, 0.717) is 36.6 Å². The average molecular weight is 423 g/mol. The number of halogens is 2. The van der Waals surface area contributed by atoms with E-state index in [4.69, 9.17) is 0 Å². The van der Waals surface area contributed by atoms with Crippen LogP contribution >= 0.6 is 0 Å². The van der Waals surface area contributed by atoms with Crippen LogP contribution in [0, 0.1) is 17.6 Å². The summed E-state index contributed by atoms with van der Waals surface area (Å²) in [7, 11) is -3.44. The van der Waals surface area contributed by atoms with Crippen LogP contribution in [0.2, 0.25) is 0 Å². The van der Waals surface area contributed by atoms with Gasteiger partial charge < -0.3 is 10.2 Å². The lowest BCUT2D eigenvalue weighted by atomic mass is 10.1. The molecule has 156 valence electrons. The van der Waals surface area contributed by atoms with Crippen molar-refractivity contribution in [3.8, 4) is 0 Å². The highest BCUT2D eigenvalue weighted by Crippen LogP contribution is 2.25. The second-order valence-electron chi connectivity index (χ2n) is 7.21. The standard InChI is InChI=1S/C20H23F2N3O3S/c1-29(27,28)24-19-5-3-2-4-15(19)10-20(26)23-12-14-8-9-25(13-14)16-6-7-17(21)18(22)11-16/h2-7,11,14,24H,8-10,12-13H2,1H3,(H,23,26). The number of para-hydroxylation sites is 1. The first-order chi connectivity index (χ1) is 13.7. The van der Waals surface area contributed by atoms with E-state index in [-0.39, 0.29) is 18.2 Å². The Kier molecular flexibility index (Phi) is 6.36. The molecule has 0 spiro atoms. The summed E-state index contributed by atoms with van der Waals surface area (Å²) in [6, 6.07) is 10.6. The first kappa shape index (κ1) is 21.0. The van der Waals surface area contributed by atoms with E-state index in [1.807, 2.05) is 4.90 Å². The molecule has 0 radical (unpaired) electrons. The topological polar surface area (TPSA) is 78.5 Å². The Morgan fingerprint density at radius 2 is 1.93 bits per heavy atom. The van der Waals surface area contributed by atoms with Gasteiger partial charge in [-0.15, -0.1) is 0 Å². The van der Waals surface area contributed by atoms with Gasteiger partial charge in [-0.3, -0.25) is 9.52 Å². The van der Waals surface area contributed by atoms with E-state index in [1.54, 1.807) is 30.3 Å². The van der Waals surface area contributed by atoms with Crippen LogP contribution < -0.4 is 14.9 Å². The third-order valence-corrected chi connectivity index (χ3v) is 5.40. The maximum atomic E-state index is 13.4. The molecule has 1 amide bonds. The zero-order valence-corrected chi connectivity index (χ0v) is 16.8. The summed E-state index contributed by atoms with van der Waals surface area (Å²) >= 11 is 0. The molecule has 1 heterocycles. The molecule has 9 heteroatoms. The minimum absolute atomic E-state index is 0.0539. The molecule has 2 aromatic rings.